The number of carbonyl (C=O) groups excluding carboxylic acids is 1. The second-order valence-electron chi connectivity index (χ2n) is 5.14. The molecular formula is C11H21IO2Si. The molecule has 0 aromatic rings. The molecule has 15 heavy (non-hydrogen) atoms. The molecule has 0 bridgehead atoms. The van der Waals surface area contributed by atoms with Crippen LogP contribution < -0.4 is 0 Å². The van der Waals surface area contributed by atoms with Crippen LogP contribution in [0, 0.1) is 0 Å². The van der Waals surface area contributed by atoms with Crippen molar-refractivity contribution >= 4 is 37.2 Å². The first-order valence-corrected chi connectivity index (χ1v) is 9.28. The first kappa shape index (κ1) is 15.3. The molecule has 0 aliphatic heterocycles. The van der Waals surface area contributed by atoms with E-state index in [9.17, 15) is 4.79 Å². The highest BCUT2D eigenvalue weighted by Gasteiger charge is 2.38. The lowest BCUT2D eigenvalue weighted by Gasteiger charge is -2.38. The van der Waals surface area contributed by atoms with Gasteiger partial charge in [-0.3, -0.25) is 0 Å². The Kier molecular flexibility index (Phi) is 6.28. The maximum Gasteiger partial charge on any atom is 0.192 e. The van der Waals surface area contributed by atoms with Crippen LogP contribution in [0.25, 0.3) is 0 Å². The molecule has 0 rings (SSSR count). The van der Waals surface area contributed by atoms with Gasteiger partial charge in [0.25, 0.3) is 0 Å². The van der Waals surface area contributed by atoms with E-state index < -0.39 is 8.32 Å². The fourth-order valence-corrected chi connectivity index (χ4v) is 2.65. The van der Waals surface area contributed by atoms with E-state index in [2.05, 4.69) is 56.5 Å². The average molecular weight is 340 g/mol. The molecule has 88 valence electrons. The molecule has 0 aliphatic carbocycles. The predicted molar refractivity (Wildman–Crippen MR) is 75.9 cm³/mol. The first-order valence-electron chi connectivity index (χ1n) is 5.13. The third-order valence-corrected chi connectivity index (χ3v) is 7.79. The molecule has 0 fully saturated rings. The van der Waals surface area contributed by atoms with Crippen LogP contribution in [-0.4, -0.2) is 20.7 Å². The Morgan fingerprint density at radius 2 is 1.93 bits per heavy atom. The van der Waals surface area contributed by atoms with Crippen LogP contribution in [0.2, 0.25) is 18.1 Å². The van der Waals surface area contributed by atoms with Gasteiger partial charge in [-0.2, -0.15) is 0 Å². The minimum Gasteiger partial charge on any atom is -0.410 e. The number of aldehydes is 1. The van der Waals surface area contributed by atoms with E-state index >= 15 is 0 Å². The van der Waals surface area contributed by atoms with Crippen LogP contribution in [-0.2, 0) is 9.22 Å². The quantitative estimate of drug-likeness (QED) is 0.431. The van der Waals surface area contributed by atoms with Crippen molar-refractivity contribution in [1.82, 2.24) is 0 Å². The maximum absolute atomic E-state index is 10.5. The summed E-state index contributed by atoms with van der Waals surface area (Å²) in [5.41, 5.74) is 0. The average Bonchev–Trinajstić information content (AvgIpc) is 2.02. The topological polar surface area (TPSA) is 26.3 Å². The molecule has 0 amide bonds. The molecule has 0 spiro atoms. The summed E-state index contributed by atoms with van der Waals surface area (Å²) in [5, 5.41) is 0.188. The third kappa shape index (κ3) is 5.26. The molecular weight excluding hydrogens is 319 g/mol. The van der Waals surface area contributed by atoms with E-state index in [1.165, 1.54) is 0 Å². The predicted octanol–water partition coefficient (Wildman–Crippen LogP) is 3.91. The van der Waals surface area contributed by atoms with Crippen molar-refractivity contribution in [3.8, 4) is 0 Å². The smallest absolute Gasteiger partial charge is 0.192 e. The minimum absolute atomic E-state index is 0.0553. The zero-order valence-corrected chi connectivity index (χ0v) is 13.4. The van der Waals surface area contributed by atoms with Gasteiger partial charge in [-0.1, -0.05) is 49.4 Å². The van der Waals surface area contributed by atoms with E-state index in [4.69, 9.17) is 4.43 Å². The summed E-state index contributed by atoms with van der Waals surface area (Å²) < 4.78 is 8.01. The van der Waals surface area contributed by atoms with Crippen LogP contribution in [0.4, 0.5) is 0 Å². The molecule has 0 aromatic carbocycles. The van der Waals surface area contributed by atoms with Crippen molar-refractivity contribution in [2.24, 2.45) is 0 Å². The summed E-state index contributed by atoms with van der Waals surface area (Å²) in [6.07, 6.45) is 3.27. The zero-order valence-electron chi connectivity index (χ0n) is 10.2. The van der Waals surface area contributed by atoms with E-state index in [0.29, 0.717) is 6.42 Å². The summed E-state index contributed by atoms with van der Waals surface area (Å²) in [6.45, 7) is 11.0. The van der Waals surface area contributed by atoms with Gasteiger partial charge in [0, 0.05) is 6.42 Å². The van der Waals surface area contributed by atoms with Crippen molar-refractivity contribution in [3.05, 3.63) is 10.2 Å². The number of hydrogen-bond acceptors (Lipinski definition) is 2. The lowest BCUT2D eigenvalue weighted by Crippen LogP contribution is -2.43. The molecule has 0 radical (unpaired) electrons. The molecule has 0 saturated carbocycles. The number of hydrogen-bond donors (Lipinski definition) is 0. The van der Waals surface area contributed by atoms with Gasteiger partial charge in [0.2, 0.25) is 0 Å². The summed E-state index contributed by atoms with van der Waals surface area (Å²) in [6, 6.07) is 0. The van der Waals surface area contributed by atoms with Crippen LogP contribution in [0.5, 0.6) is 0 Å². The lowest BCUT2D eigenvalue weighted by atomic mass is 10.2. The van der Waals surface area contributed by atoms with Crippen molar-refractivity contribution < 1.29 is 9.22 Å². The van der Waals surface area contributed by atoms with Gasteiger partial charge in [0.05, 0.1) is 6.10 Å². The largest absolute Gasteiger partial charge is 0.410 e. The Morgan fingerprint density at radius 1 is 1.40 bits per heavy atom. The number of halogens is 1. The van der Waals surface area contributed by atoms with Gasteiger partial charge in [0.1, 0.15) is 6.29 Å². The Hall–Kier alpha value is 0.317. The molecule has 2 nitrogen and oxygen atoms in total. The minimum atomic E-state index is -1.76. The first-order chi connectivity index (χ1) is 6.74. The number of rotatable bonds is 5. The second kappa shape index (κ2) is 6.15. The summed E-state index contributed by atoms with van der Waals surface area (Å²) >= 11 is 2.15. The van der Waals surface area contributed by atoms with Crippen LogP contribution >= 0.6 is 22.6 Å². The normalized spacial score (nSPS) is 15.6. The lowest BCUT2D eigenvalue weighted by molar-refractivity contribution is -0.108. The Morgan fingerprint density at radius 3 is 2.27 bits per heavy atom. The standard InChI is InChI=1S/C11H21IO2Si/c1-11(2,3)15(4,5)14-10(6-8-12)7-9-13/h6,8-10H,7H2,1-5H3/b8-6+/t10-/m1/s1. The fraction of sp³-hybridized carbons (Fsp3) is 0.727. The van der Waals surface area contributed by atoms with Crippen molar-refractivity contribution in [2.75, 3.05) is 0 Å². The van der Waals surface area contributed by atoms with Crippen LogP contribution in [0.3, 0.4) is 0 Å². The molecule has 4 heteroatoms. The van der Waals surface area contributed by atoms with E-state index in [-0.39, 0.29) is 11.1 Å². The van der Waals surface area contributed by atoms with Gasteiger partial charge < -0.3 is 9.22 Å². The van der Waals surface area contributed by atoms with E-state index in [0.717, 1.165) is 6.29 Å². The fourth-order valence-electron chi connectivity index (χ4n) is 0.897. The monoisotopic (exact) mass is 340 g/mol. The van der Waals surface area contributed by atoms with Gasteiger partial charge in [-0.15, -0.1) is 0 Å². The molecule has 0 N–H and O–H groups in total. The molecule has 0 aromatic heterocycles. The second-order valence-corrected chi connectivity index (χ2v) is 10.6. The molecule has 0 aliphatic rings. The van der Waals surface area contributed by atoms with Crippen molar-refractivity contribution in [3.63, 3.8) is 0 Å². The molecule has 1 atom stereocenters. The van der Waals surface area contributed by atoms with Crippen molar-refractivity contribution in [1.29, 1.82) is 0 Å². The van der Waals surface area contributed by atoms with Crippen LogP contribution in [0.1, 0.15) is 27.2 Å². The van der Waals surface area contributed by atoms with Gasteiger partial charge in [0.15, 0.2) is 8.32 Å². The highest BCUT2D eigenvalue weighted by Crippen LogP contribution is 2.37. The third-order valence-electron chi connectivity index (χ3n) is 2.87. The highest BCUT2D eigenvalue weighted by atomic mass is 127. The Balaban J connectivity index is 4.58. The maximum atomic E-state index is 10.5. The number of carbonyl (C=O) groups is 1. The highest BCUT2D eigenvalue weighted by molar-refractivity contribution is 14.1. The van der Waals surface area contributed by atoms with Crippen LogP contribution in [0.15, 0.2) is 10.2 Å². The van der Waals surface area contributed by atoms with Gasteiger partial charge in [-0.25, -0.2) is 0 Å². The van der Waals surface area contributed by atoms with E-state index in [1.807, 2.05) is 10.2 Å². The van der Waals surface area contributed by atoms with Gasteiger partial charge >= 0.3 is 0 Å². The summed E-state index contributed by atoms with van der Waals surface area (Å²) in [4.78, 5) is 10.5. The van der Waals surface area contributed by atoms with Gasteiger partial charge in [-0.05, 0) is 22.2 Å². The zero-order chi connectivity index (χ0) is 12.1. The summed E-state index contributed by atoms with van der Waals surface area (Å²) in [5.74, 6) is 0. The molecule has 0 heterocycles. The Labute approximate surface area is 108 Å². The molecule has 0 unspecified atom stereocenters. The van der Waals surface area contributed by atoms with Crippen molar-refractivity contribution in [2.45, 2.75) is 51.4 Å². The van der Waals surface area contributed by atoms with E-state index in [1.54, 1.807) is 0 Å². The molecule has 0 saturated heterocycles. The Bertz CT molecular complexity index is 231. The summed E-state index contributed by atoms with van der Waals surface area (Å²) in [7, 11) is -1.76. The SMILES string of the molecule is CC(C)(C)[Si](C)(C)O[C@H](/C=C/I)CC=O.